The third-order valence-corrected chi connectivity index (χ3v) is 6.28. The number of nitrogens with two attached hydrogens (primary N) is 4. The van der Waals surface area contributed by atoms with Crippen LogP contribution in [0.4, 0.5) is 0 Å². The molecule has 0 aliphatic carbocycles. The molecule has 0 bridgehead atoms. The molecule has 0 aliphatic heterocycles. The van der Waals surface area contributed by atoms with Crippen LogP contribution in [-0.4, -0.2) is 85.7 Å². The summed E-state index contributed by atoms with van der Waals surface area (Å²) in [6.07, 6.45) is 1.69. The highest BCUT2D eigenvalue weighted by atomic mass is 16.2. The van der Waals surface area contributed by atoms with Gasteiger partial charge in [-0.1, -0.05) is 40.5 Å². The number of carbonyl (C=O) groups excluding carboxylic acids is 6. The fraction of sp³-hybridized carbons (Fsp3) is 0.708. The minimum atomic E-state index is -1.00. The lowest BCUT2D eigenvalue weighted by molar-refractivity contribution is -0.133. The molecule has 0 aromatic rings. The van der Waals surface area contributed by atoms with Gasteiger partial charge in [-0.05, 0) is 24.7 Å². The number of hydrogen-bond donors (Lipinski definition) is 9. The van der Waals surface area contributed by atoms with Crippen LogP contribution < -0.4 is 49.5 Å². The van der Waals surface area contributed by atoms with Gasteiger partial charge in [-0.15, -0.1) is 0 Å². The van der Waals surface area contributed by atoms with Gasteiger partial charge < -0.3 is 49.5 Å². The van der Waals surface area contributed by atoms with Crippen molar-refractivity contribution in [1.82, 2.24) is 26.6 Å². The molecule has 0 spiro atoms. The molecule has 0 saturated carbocycles. The summed E-state index contributed by atoms with van der Waals surface area (Å²) in [6, 6.07) is -2.87. The normalized spacial score (nSPS) is 14.3. The number of nitrogens with zero attached hydrogens (tertiary/aromatic N) is 1. The zero-order valence-electron chi connectivity index (χ0n) is 23.7. The van der Waals surface area contributed by atoms with Crippen LogP contribution in [0.1, 0.15) is 53.4 Å². The summed E-state index contributed by atoms with van der Waals surface area (Å²) in [6.45, 7) is 6.24. The first-order chi connectivity index (χ1) is 18.8. The number of rotatable bonds is 19. The summed E-state index contributed by atoms with van der Waals surface area (Å²) in [5, 5.41) is 12.4. The van der Waals surface area contributed by atoms with Crippen molar-refractivity contribution in [3.63, 3.8) is 0 Å². The summed E-state index contributed by atoms with van der Waals surface area (Å²) in [5.74, 6) is -4.36. The van der Waals surface area contributed by atoms with E-state index in [-0.39, 0.29) is 37.3 Å². The number of primary amides is 1. The second-order valence-corrected chi connectivity index (χ2v) is 9.47. The number of nitrogens with one attached hydrogen (secondary N) is 5. The fourth-order valence-electron chi connectivity index (χ4n) is 3.43. The Bertz CT molecular complexity index is 909. The molecule has 0 aromatic heterocycles. The first-order valence-electron chi connectivity index (χ1n) is 13.2. The molecule has 0 aromatic carbocycles. The van der Waals surface area contributed by atoms with Gasteiger partial charge in [-0.2, -0.15) is 0 Å². The molecule has 5 atom stereocenters. The highest BCUT2D eigenvalue weighted by Crippen LogP contribution is 2.10. The summed E-state index contributed by atoms with van der Waals surface area (Å²) in [4.78, 5) is 77.4. The highest BCUT2D eigenvalue weighted by molar-refractivity contribution is 5.94. The zero-order valence-corrected chi connectivity index (χ0v) is 23.7. The van der Waals surface area contributed by atoms with E-state index in [4.69, 9.17) is 22.9 Å². The monoisotopic (exact) mass is 570 g/mol. The van der Waals surface area contributed by atoms with E-state index < -0.39 is 66.7 Å². The zero-order chi connectivity index (χ0) is 30.8. The lowest BCUT2D eigenvalue weighted by atomic mass is 9.97. The van der Waals surface area contributed by atoms with Crippen LogP contribution >= 0.6 is 0 Å². The molecule has 228 valence electrons. The molecule has 16 heteroatoms. The van der Waals surface area contributed by atoms with Crippen molar-refractivity contribution in [2.24, 2.45) is 39.8 Å². The predicted molar refractivity (Wildman–Crippen MR) is 149 cm³/mol. The Morgan fingerprint density at radius 2 is 1.25 bits per heavy atom. The van der Waals surface area contributed by atoms with E-state index in [0.29, 0.717) is 19.3 Å². The van der Waals surface area contributed by atoms with Gasteiger partial charge in [0, 0.05) is 6.54 Å². The molecular formula is C24H46N10O6. The summed E-state index contributed by atoms with van der Waals surface area (Å²) < 4.78 is 0. The van der Waals surface area contributed by atoms with Gasteiger partial charge in [0.1, 0.15) is 18.1 Å². The number of carbonyl (C=O) groups is 6. The standard InChI is InChI=1S/C24H46N10O6/c1-5-13(3)19(33-16(35)10-25)22(39)31-11-17(36)30-12-18(37)34-20(14(4)6-2)23(40)32-15(21(26)38)8-7-9-29-24(27)28/h13-15,19-20H,5-12,25H2,1-4H3,(H2,26,38)(H,30,36)(H,31,39)(H,32,40)(H,33,35)(H,34,37)(H4,27,28,29)/t13?,14?,15-,19-,20-/m0/s1. The number of hydrogen-bond acceptors (Lipinski definition) is 8. The van der Waals surface area contributed by atoms with E-state index in [9.17, 15) is 28.8 Å². The van der Waals surface area contributed by atoms with Crippen LogP contribution in [-0.2, 0) is 28.8 Å². The average molecular weight is 571 g/mol. The van der Waals surface area contributed by atoms with Crippen molar-refractivity contribution < 1.29 is 28.8 Å². The molecule has 0 saturated heterocycles. The fourth-order valence-corrected chi connectivity index (χ4v) is 3.43. The Morgan fingerprint density at radius 1 is 0.725 bits per heavy atom. The van der Waals surface area contributed by atoms with Crippen LogP contribution in [0.2, 0.25) is 0 Å². The maximum atomic E-state index is 12.9. The number of guanidine groups is 1. The van der Waals surface area contributed by atoms with Crippen LogP contribution in [0.3, 0.4) is 0 Å². The van der Waals surface area contributed by atoms with Gasteiger partial charge in [0.15, 0.2) is 5.96 Å². The van der Waals surface area contributed by atoms with Crippen molar-refractivity contribution in [3.8, 4) is 0 Å². The quantitative estimate of drug-likeness (QED) is 0.0418. The van der Waals surface area contributed by atoms with Crippen LogP contribution in [0.5, 0.6) is 0 Å². The van der Waals surface area contributed by atoms with E-state index >= 15 is 0 Å². The van der Waals surface area contributed by atoms with E-state index in [2.05, 4.69) is 31.6 Å². The van der Waals surface area contributed by atoms with E-state index in [0.717, 1.165) is 0 Å². The highest BCUT2D eigenvalue weighted by Gasteiger charge is 2.29. The third-order valence-electron chi connectivity index (χ3n) is 6.28. The molecular weight excluding hydrogens is 524 g/mol. The molecule has 0 fully saturated rings. The average Bonchev–Trinajstić information content (AvgIpc) is 2.92. The Hall–Kier alpha value is -3.95. The summed E-state index contributed by atoms with van der Waals surface area (Å²) >= 11 is 0. The Balaban J connectivity index is 4.99. The van der Waals surface area contributed by atoms with Crippen LogP contribution in [0.25, 0.3) is 0 Å². The number of amides is 6. The largest absolute Gasteiger partial charge is 0.370 e. The van der Waals surface area contributed by atoms with Gasteiger partial charge in [0.25, 0.3) is 0 Å². The minimum Gasteiger partial charge on any atom is -0.370 e. The second-order valence-electron chi connectivity index (χ2n) is 9.47. The van der Waals surface area contributed by atoms with Crippen LogP contribution in [0, 0.1) is 11.8 Å². The second kappa shape index (κ2) is 19.2. The first kappa shape index (κ1) is 36.0. The predicted octanol–water partition coefficient (Wildman–Crippen LogP) is -3.74. The van der Waals surface area contributed by atoms with Crippen molar-refractivity contribution >= 4 is 41.4 Å². The van der Waals surface area contributed by atoms with Crippen molar-refractivity contribution in [3.05, 3.63) is 0 Å². The Labute approximate surface area is 234 Å². The van der Waals surface area contributed by atoms with E-state index in [1.165, 1.54) is 0 Å². The maximum Gasteiger partial charge on any atom is 0.243 e. The third kappa shape index (κ3) is 14.3. The molecule has 6 amide bonds. The molecule has 40 heavy (non-hydrogen) atoms. The maximum absolute atomic E-state index is 12.9. The molecule has 2 unspecified atom stereocenters. The number of aliphatic imine (C=N–C) groups is 1. The van der Waals surface area contributed by atoms with Crippen molar-refractivity contribution in [2.45, 2.75) is 71.5 Å². The molecule has 0 radical (unpaired) electrons. The summed E-state index contributed by atoms with van der Waals surface area (Å²) in [7, 11) is 0. The summed E-state index contributed by atoms with van der Waals surface area (Å²) in [5.41, 5.74) is 21.3. The topological polar surface area (TPSA) is 279 Å². The molecule has 16 nitrogen and oxygen atoms in total. The molecule has 0 rings (SSSR count). The molecule has 13 N–H and O–H groups in total. The van der Waals surface area contributed by atoms with E-state index in [1.807, 2.05) is 13.8 Å². The SMILES string of the molecule is CCC(C)[C@H](NC(=O)CN)C(=O)NCC(=O)NCC(=O)N[C@H](C(=O)N[C@@H](CCCN=C(N)N)C(N)=O)C(C)CC. The van der Waals surface area contributed by atoms with E-state index in [1.54, 1.807) is 13.8 Å². The van der Waals surface area contributed by atoms with Crippen molar-refractivity contribution in [2.75, 3.05) is 26.2 Å². The Morgan fingerprint density at radius 3 is 1.75 bits per heavy atom. The lowest BCUT2D eigenvalue weighted by Crippen LogP contribution is -2.56. The molecule has 0 heterocycles. The van der Waals surface area contributed by atoms with Gasteiger partial charge in [-0.25, -0.2) is 0 Å². The lowest BCUT2D eigenvalue weighted by Gasteiger charge is -2.26. The van der Waals surface area contributed by atoms with Gasteiger partial charge in [0.2, 0.25) is 35.4 Å². The smallest absolute Gasteiger partial charge is 0.243 e. The van der Waals surface area contributed by atoms with Gasteiger partial charge in [-0.3, -0.25) is 33.8 Å². The molecule has 0 aliphatic rings. The van der Waals surface area contributed by atoms with Gasteiger partial charge >= 0.3 is 0 Å². The minimum absolute atomic E-state index is 0.0972. The Kier molecular flexibility index (Phi) is 17.3. The van der Waals surface area contributed by atoms with Crippen molar-refractivity contribution in [1.29, 1.82) is 0 Å². The van der Waals surface area contributed by atoms with Crippen LogP contribution in [0.15, 0.2) is 4.99 Å². The first-order valence-corrected chi connectivity index (χ1v) is 13.2. The van der Waals surface area contributed by atoms with Gasteiger partial charge in [0.05, 0.1) is 19.6 Å².